The minimum absolute atomic E-state index is 0.185. The van der Waals surface area contributed by atoms with Crippen molar-refractivity contribution >= 4 is 0 Å². The Morgan fingerprint density at radius 1 is 0.925 bits per heavy atom. The largest absolute Gasteiger partial charge is 0.372 e. The van der Waals surface area contributed by atoms with Crippen LogP contribution < -0.4 is 0 Å². The van der Waals surface area contributed by atoms with E-state index in [2.05, 4.69) is 54.5 Å². The molecule has 0 bridgehead atoms. The summed E-state index contributed by atoms with van der Waals surface area (Å²) in [6.45, 7) is 24.6. The second kappa shape index (κ2) is 12.7. The third-order valence-electron chi connectivity index (χ3n) is 12.4. The summed E-state index contributed by atoms with van der Waals surface area (Å²) >= 11 is 0. The molecule has 3 heteroatoms. The van der Waals surface area contributed by atoms with E-state index < -0.39 is 5.79 Å². The minimum atomic E-state index is -0.526. The average Bonchev–Trinajstić information content (AvgIpc) is 3.21. The van der Waals surface area contributed by atoms with Gasteiger partial charge in [-0.1, -0.05) is 65.5 Å². The molecule has 3 fully saturated rings. The summed E-state index contributed by atoms with van der Waals surface area (Å²) in [6, 6.07) is 0. The molecule has 7 unspecified atom stereocenters. The Labute approximate surface area is 249 Å². The standard InChI is InChI=1S/C37H66O3/c1-11-38-35(7,8)39-24-23-34(5,6)40-29-19-21-36(9)28(25-29)15-16-30-32-18-17-31(27(4)14-12-13-26(2)3)37(32,10)22-20-33(30)36/h15,26-27,29-33H,11-14,16-25H2,1-10H3/t27?,29?,30?,31?,32?,33?,36-,37?/m0/s1. The summed E-state index contributed by atoms with van der Waals surface area (Å²) in [6.07, 6.45) is 19.0. The lowest BCUT2D eigenvalue weighted by Gasteiger charge is -2.58. The van der Waals surface area contributed by atoms with Crippen molar-refractivity contribution in [3.8, 4) is 0 Å². The highest BCUT2D eigenvalue weighted by molar-refractivity contribution is 5.25. The molecule has 3 saturated carbocycles. The van der Waals surface area contributed by atoms with E-state index in [4.69, 9.17) is 14.2 Å². The van der Waals surface area contributed by atoms with Gasteiger partial charge < -0.3 is 14.2 Å². The molecule has 0 amide bonds. The van der Waals surface area contributed by atoms with E-state index in [1.807, 2.05) is 20.8 Å². The zero-order chi connectivity index (χ0) is 29.3. The lowest BCUT2D eigenvalue weighted by molar-refractivity contribution is -0.218. The Balaban J connectivity index is 1.35. The van der Waals surface area contributed by atoms with Crippen molar-refractivity contribution in [2.45, 2.75) is 164 Å². The van der Waals surface area contributed by atoms with Crippen LogP contribution in [0.4, 0.5) is 0 Å². The molecule has 0 heterocycles. The Morgan fingerprint density at radius 2 is 1.68 bits per heavy atom. The second-order valence-corrected chi connectivity index (χ2v) is 16.5. The minimum Gasteiger partial charge on any atom is -0.372 e. The number of hydrogen-bond acceptors (Lipinski definition) is 3. The summed E-state index contributed by atoms with van der Waals surface area (Å²) in [5, 5.41) is 0. The van der Waals surface area contributed by atoms with E-state index in [0.717, 1.165) is 48.3 Å². The fourth-order valence-electron chi connectivity index (χ4n) is 10.2. The van der Waals surface area contributed by atoms with Crippen LogP contribution in [0.3, 0.4) is 0 Å². The topological polar surface area (TPSA) is 27.7 Å². The fourth-order valence-corrected chi connectivity index (χ4v) is 10.2. The van der Waals surface area contributed by atoms with Crippen LogP contribution in [0.25, 0.3) is 0 Å². The Bertz CT molecular complexity index is 857. The van der Waals surface area contributed by atoms with Gasteiger partial charge in [0.1, 0.15) is 0 Å². The van der Waals surface area contributed by atoms with E-state index in [0.29, 0.717) is 30.1 Å². The predicted octanol–water partition coefficient (Wildman–Crippen LogP) is 10.4. The van der Waals surface area contributed by atoms with Crippen LogP contribution in [-0.4, -0.2) is 30.7 Å². The van der Waals surface area contributed by atoms with Gasteiger partial charge in [-0.15, -0.1) is 0 Å². The molecule has 8 atom stereocenters. The molecule has 3 nitrogen and oxygen atoms in total. The van der Waals surface area contributed by atoms with Crippen molar-refractivity contribution in [1.29, 1.82) is 0 Å². The van der Waals surface area contributed by atoms with Crippen LogP contribution >= 0.6 is 0 Å². The zero-order valence-corrected chi connectivity index (χ0v) is 28.2. The highest BCUT2D eigenvalue weighted by Crippen LogP contribution is 2.67. The molecule has 4 aliphatic rings. The molecule has 0 radical (unpaired) electrons. The van der Waals surface area contributed by atoms with Gasteiger partial charge in [-0.2, -0.15) is 0 Å². The smallest absolute Gasteiger partial charge is 0.162 e. The van der Waals surface area contributed by atoms with Gasteiger partial charge in [0.05, 0.1) is 18.3 Å². The Kier molecular flexibility index (Phi) is 10.3. The SMILES string of the molecule is CCOC(C)(C)OCCC(C)(C)OC1CC[C@@]2(C)C(=CCC3C4CCC(C(C)CCCC(C)C)C4(C)CCC32)C1. The molecular formula is C37H66O3. The fraction of sp³-hybridized carbons (Fsp3) is 0.946. The van der Waals surface area contributed by atoms with E-state index >= 15 is 0 Å². The first-order valence-corrected chi connectivity index (χ1v) is 17.4. The average molecular weight is 559 g/mol. The van der Waals surface area contributed by atoms with Crippen LogP contribution in [-0.2, 0) is 14.2 Å². The maximum atomic E-state index is 6.79. The summed E-state index contributed by atoms with van der Waals surface area (Å²) in [4.78, 5) is 0. The zero-order valence-electron chi connectivity index (χ0n) is 28.2. The van der Waals surface area contributed by atoms with Crippen LogP contribution in [0.15, 0.2) is 11.6 Å². The van der Waals surface area contributed by atoms with E-state index in [1.54, 1.807) is 5.57 Å². The third-order valence-corrected chi connectivity index (χ3v) is 12.4. The number of allylic oxidation sites excluding steroid dienone is 1. The third kappa shape index (κ3) is 7.05. The van der Waals surface area contributed by atoms with Crippen molar-refractivity contribution in [3.63, 3.8) is 0 Å². The van der Waals surface area contributed by atoms with Gasteiger partial charge >= 0.3 is 0 Å². The van der Waals surface area contributed by atoms with Gasteiger partial charge in [0.25, 0.3) is 0 Å². The van der Waals surface area contributed by atoms with Crippen LogP contribution in [0, 0.1) is 46.3 Å². The molecular weight excluding hydrogens is 492 g/mol. The van der Waals surface area contributed by atoms with Crippen molar-refractivity contribution in [1.82, 2.24) is 0 Å². The molecule has 232 valence electrons. The van der Waals surface area contributed by atoms with E-state index in [1.165, 1.54) is 64.2 Å². The summed E-state index contributed by atoms with van der Waals surface area (Å²) in [7, 11) is 0. The van der Waals surface area contributed by atoms with Gasteiger partial charge in [0.15, 0.2) is 5.79 Å². The van der Waals surface area contributed by atoms with Crippen molar-refractivity contribution in [2.24, 2.45) is 46.3 Å². The van der Waals surface area contributed by atoms with E-state index in [-0.39, 0.29) is 5.60 Å². The predicted molar refractivity (Wildman–Crippen MR) is 168 cm³/mol. The quantitative estimate of drug-likeness (QED) is 0.166. The molecule has 0 aromatic rings. The highest BCUT2D eigenvalue weighted by atomic mass is 16.7. The Morgan fingerprint density at radius 3 is 2.38 bits per heavy atom. The molecule has 40 heavy (non-hydrogen) atoms. The van der Waals surface area contributed by atoms with Gasteiger partial charge in [0.2, 0.25) is 0 Å². The summed E-state index contributed by atoms with van der Waals surface area (Å²) in [5.74, 6) is 4.87. The molecule has 4 aliphatic carbocycles. The van der Waals surface area contributed by atoms with Crippen LogP contribution in [0.1, 0.15) is 146 Å². The van der Waals surface area contributed by atoms with E-state index in [9.17, 15) is 0 Å². The lowest BCUT2D eigenvalue weighted by atomic mass is 9.47. The maximum Gasteiger partial charge on any atom is 0.162 e. The van der Waals surface area contributed by atoms with Crippen LogP contribution in [0.2, 0.25) is 0 Å². The number of fused-ring (bicyclic) bond motifs is 5. The first-order chi connectivity index (χ1) is 18.7. The van der Waals surface area contributed by atoms with Gasteiger partial charge in [-0.3, -0.25) is 0 Å². The number of hydrogen-bond donors (Lipinski definition) is 0. The Hall–Kier alpha value is -0.380. The van der Waals surface area contributed by atoms with Crippen molar-refractivity contribution < 1.29 is 14.2 Å². The molecule has 4 rings (SSSR count). The highest BCUT2D eigenvalue weighted by Gasteiger charge is 2.59. The number of rotatable bonds is 13. The molecule has 0 aliphatic heterocycles. The maximum absolute atomic E-state index is 6.79. The van der Waals surface area contributed by atoms with Crippen molar-refractivity contribution in [3.05, 3.63) is 11.6 Å². The van der Waals surface area contributed by atoms with Gasteiger partial charge in [-0.25, -0.2) is 0 Å². The normalized spacial score (nSPS) is 37.1. The lowest BCUT2D eigenvalue weighted by Crippen LogP contribution is -2.51. The summed E-state index contributed by atoms with van der Waals surface area (Å²) < 4.78 is 18.5. The first kappa shape index (κ1) is 32.5. The molecule has 0 spiro atoms. The van der Waals surface area contributed by atoms with Gasteiger partial charge in [-0.05, 0) is 139 Å². The van der Waals surface area contributed by atoms with Crippen LogP contribution in [0.5, 0.6) is 0 Å². The molecule has 0 aromatic carbocycles. The molecule has 0 aromatic heterocycles. The summed E-state index contributed by atoms with van der Waals surface area (Å²) in [5.41, 5.74) is 2.51. The second-order valence-electron chi connectivity index (χ2n) is 16.5. The van der Waals surface area contributed by atoms with Crippen molar-refractivity contribution in [2.75, 3.05) is 13.2 Å². The number of ether oxygens (including phenoxy) is 3. The molecule has 0 N–H and O–H groups in total. The molecule has 0 saturated heterocycles. The van der Waals surface area contributed by atoms with Gasteiger partial charge in [0, 0.05) is 6.61 Å². The monoisotopic (exact) mass is 559 g/mol. The first-order valence-electron chi connectivity index (χ1n) is 17.4.